The van der Waals surface area contributed by atoms with Crippen molar-refractivity contribution in [2.75, 3.05) is 17.6 Å². The average molecular weight is 446 g/mol. The standard InChI is InChI=1S/C29H35NOS/c31-29(26-16-14-25(15-17-26)24-12-8-7-9-13-24)27-18-20-28(21-19-27)30-22-10-5-3-1-2-4-6-11-23-32/h7-9,12-21,30,32H,1-6,10-11,22-23H2. The van der Waals surface area contributed by atoms with E-state index in [4.69, 9.17) is 0 Å². The summed E-state index contributed by atoms with van der Waals surface area (Å²) in [6, 6.07) is 25.9. The molecule has 0 aliphatic rings. The highest BCUT2D eigenvalue weighted by molar-refractivity contribution is 7.80. The highest BCUT2D eigenvalue weighted by Crippen LogP contribution is 2.21. The van der Waals surface area contributed by atoms with Gasteiger partial charge in [-0.1, -0.05) is 93.1 Å². The Morgan fingerprint density at radius 1 is 0.594 bits per heavy atom. The summed E-state index contributed by atoms with van der Waals surface area (Å²) in [7, 11) is 0. The van der Waals surface area contributed by atoms with Gasteiger partial charge in [-0.25, -0.2) is 0 Å². The molecule has 0 aliphatic carbocycles. The van der Waals surface area contributed by atoms with E-state index >= 15 is 0 Å². The number of carbonyl (C=O) groups excluding carboxylic acids is 1. The molecular weight excluding hydrogens is 410 g/mol. The third kappa shape index (κ3) is 7.87. The number of hydrogen-bond donors (Lipinski definition) is 2. The van der Waals surface area contributed by atoms with Gasteiger partial charge in [0, 0.05) is 23.4 Å². The summed E-state index contributed by atoms with van der Waals surface area (Å²) in [5.74, 6) is 1.08. The monoisotopic (exact) mass is 445 g/mol. The largest absolute Gasteiger partial charge is 0.385 e. The molecule has 32 heavy (non-hydrogen) atoms. The van der Waals surface area contributed by atoms with Crippen LogP contribution in [0.2, 0.25) is 0 Å². The molecule has 168 valence electrons. The fourth-order valence-electron chi connectivity index (χ4n) is 3.88. The van der Waals surface area contributed by atoms with Gasteiger partial charge in [-0.05, 0) is 54.0 Å². The number of ketones is 1. The summed E-state index contributed by atoms with van der Waals surface area (Å²) >= 11 is 4.26. The number of anilines is 1. The molecule has 0 atom stereocenters. The molecule has 0 fully saturated rings. The summed E-state index contributed by atoms with van der Waals surface area (Å²) in [6.07, 6.45) is 10.4. The molecule has 0 aromatic heterocycles. The highest BCUT2D eigenvalue weighted by atomic mass is 32.1. The van der Waals surface area contributed by atoms with E-state index < -0.39 is 0 Å². The van der Waals surface area contributed by atoms with Gasteiger partial charge < -0.3 is 5.32 Å². The molecule has 3 aromatic carbocycles. The molecule has 2 nitrogen and oxygen atoms in total. The summed E-state index contributed by atoms with van der Waals surface area (Å²) in [6.45, 7) is 0.980. The van der Waals surface area contributed by atoms with Crippen molar-refractivity contribution >= 4 is 24.1 Å². The maximum absolute atomic E-state index is 12.8. The van der Waals surface area contributed by atoms with Crippen LogP contribution < -0.4 is 5.32 Å². The van der Waals surface area contributed by atoms with E-state index in [1.54, 1.807) is 0 Å². The minimum absolute atomic E-state index is 0.0607. The molecule has 3 aromatic rings. The summed E-state index contributed by atoms with van der Waals surface area (Å²) in [4.78, 5) is 12.8. The summed E-state index contributed by atoms with van der Waals surface area (Å²) in [5, 5.41) is 3.48. The molecule has 3 rings (SSSR count). The zero-order valence-corrected chi connectivity index (χ0v) is 19.8. The minimum atomic E-state index is 0.0607. The molecule has 1 N–H and O–H groups in total. The van der Waals surface area contributed by atoms with Crippen LogP contribution in [0.4, 0.5) is 5.69 Å². The lowest BCUT2D eigenvalue weighted by Crippen LogP contribution is -2.04. The van der Waals surface area contributed by atoms with Crippen LogP contribution >= 0.6 is 12.6 Å². The van der Waals surface area contributed by atoms with Crippen molar-refractivity contribution < 1.29 is 4.79 Å². The van der Waals surface area contributed by atoms with E-state index in [-0.39, 0.29) is 5.78 Å². The van der Waals surface area contributed by atoms with E-state index in [1.807, 2.05) is 66.7 Å². The zero-order chi connectivity index (χ0) is 22.4. The molecular formula is C29H35NOS. The number of hydrogen-bond acceptors (Lipinski definition) is 3. The normalized spacial score (nSPS) is 10.8. The first-order valence-corrected chi connectivity index (χ1v) is 12.6. The Labute approximate surface area is 198 Å². The molecule has 0 radical (unpaired) electrons. The van der Waals surface area contributed by atoms with Gasteiger partial charge >= 0.3 is 0 Å². The number of carbonyl (C=O) groups is 1. The van der Waals surface area contributed by atoms with Crippen molar-refractivity contribution in [1.29, 1.82) is 0 Å². The van der Waals surface area contributed by atoms with Crippen LogP contribution in [0.5, 0.6) is 0 Å². The topological polar surface area (TPSA) is 29.1 Å². The molecule has 0 bridgehead atoms. The number of rotatable bonds is 14. The van der Waals surface area contributed by atoms with Gasteiger partial charge in [0.25, 0.3) is 0 Å². The van der Waals surface area contributed by atoms with Crippen LogP contribution in [0.1, 0.15) is 67.3 Å². The Balaban J connectivity index is 1.39. The first-order chi connectivity index (χ1) is 15.8. The number of unbranched alkanes of at least 4 members (excludes halogenated alkanes) is 7. The van der Waals surface area contributed by atoms with Gasteiger partial charge in [0.15, 0.2) is 5.78 Å². The van der Waals surface area contributed by atoms with Crippen molar-refractivity contribution in [3.63, 3.8) is 0 Å². The average Bonchev–Trinajstić information content (AvgIpc) is 2.86. The maximum Gasteiger partial charge on any atom is 0.193 e. The fraction of sp³-hybridized carbons (Fsp3) is 0.345. The first kappa shape index (κ1) is 24.1. The summed E-state index contributed by atoms with van der Waals surface area (Å²) in [5.41, 5.74) is 4.80. The van der Waals surface area contributed by atoms with Crippen LogP contribution in [0.15, 0.2) is 78.9 Å². The van der Waals surface area contributed by atoms with Gasteiger partial charge in [-0.2, -0.15) is 12.6 Å². The van der Waals surface area contributed by atoms with Crippen LogP contribution in [0.25, 0.3) is 11.1 Å². The molecule has 3 heteroatoms. The summed E-state index contributed by atoms with van der Waals surface area (Å²) < 4.78 is 0. The fourth-order valence-corrected chi connectivity index (χ4v) is 4.10. The first-order valence-electron chi connectivity index (χ1n) is 11.9. The van der Waals surface area contributed by atoms with Gasteiger partial charge in [0.2, 0.25) is 0 Å². The van der Waals surface area contributed by atoms with Crippen LogP contribution in [-0.4, -0.2) is 18.1 Å². The second-order valence-corrected chi connectivity index (χ2v) is 8.78. The van der Waals surface area contributed by atoms with E-state index in [1.165, 1.54) is 51.4 Å². The van der Waals surface area contributed by atoms with Crippen LogP contribution in [0, 0.1) is 0 Å². The van der Waals surface area contributed by atoms with Gasteiger partial charge in [-0.15, -0.1) is 0 Å². The van der Waals surface area contributed by atoms with Crippen molar-refractivity contribution in [3.05, 3.63) is 90.0 Å². The lowest BCUT2D eigenvalue weighted by atomic mass is 9.99. The van der Waals surface area contributed by atoms with E-state index in [0.29, 0.717) is 0 Å². The zero-order valence-electron chi connectivity index (χ0n) is 18.9. The molecule has 0 unspecified atom stereocenters. The second kappa shape index (κ2) is 13.8. The van der Waals surface area contributed by atoms with Crippen molar-refractivity contribution in [1.82, 2.24) is 0 Å². The molecule has 0 spiro atoms. The van der Waals surface area contributed by atoms with Crippen molar-refractivity contribution in [3.8, 4) is 11.1 Å². The SMILES string of the molecule is O=C(c1ccc(NCCCCCCCCCCS)cc1)c1ccc(-c2ccccc2)cc1. The molecule has 0 saturated carbocycles. The Hall–Kier alpha value is -2.52. The quantitative estimate of drug-likeness (QED) is 0.149. The minimum Gasteiger partial charge on any atom is -0.385 e. The predicted octanol–water partition coefficient (Wildman–Crippen LogP) is 8.05. The van der Waals surface area contributed by atoms with E-state index in [2.05, 4.69) is 30.1 Å². The number of thiol groups is 1. The van der Waals surface area contributed by atoms with Crippen LogP contribution in [0.3, 0.4) is 0 Å². The van der Waals surface area contributed by atoms with Crippen molar-refractivity contribution in [2.45, 2.75) is 51.4 Å². The Morgan fingerprint density at radius 3 is 1.69 bits per heavy atom. The molecule has 0 heterocycles. The van der Waals surface area contributed by atoms with Gasteiger partial charge in [0.1, 0.15) is 0 Å². The molecule has 0 amide bonds. The lowest BCUT2D eigenvalue weighted by molar-refractivity contribution is 0.103. The Kier molecular flexibility index (Phi) is 10.4. The number of benzene rings is 3. The third-order valence-electron chi connectivity index (χ3n) is 5.82. The van der Waals surface area contributed by atoms with Crippen LogP contribution in [-0.2, 0) is 0 Å². The smallest absolute Gasteiger partial charge is 0.193 e. The van der Waals surface area contributed by atoms with E-state index in [0.717, 1.165) is 40.2 Å². The third-order valence-corrected chi connectivity index (χ3v) is 6.13. The Morgan fingerprint density at radius 2 is 1.09 bits per heavy atom. The van der Waals surface area contributed by atoms with Gasteiger partial charge in [-0.3, -0.25) is 4.79 Å². The highest BCUT2D eigenvalue weighted by Gasteiger charge is 2.09. The predicted molar refractivity (Wildman–Crippen MR) is 141 cm³/mol. The maximum atomic E-state index is 12.8. The van der Waals surface area contributed by atoms with E-state index in [9.17, 15) is 4.79 Å². The Bertz CT molecular complexity index is 920. The van der Waals surface area contributed by atoms with Crippen molar-refractivity contribution in [2.24, 2.45) is 0 Å². The van der Waals surface area contributed by atoms with Gasteiger partial charge in [0.05, 0.1) is 0 Å². The number of nitrogens with one attached hydrogen (secondary N) is 1. The second-order valence-electron chi connectivity index (χ2n) is 8.33. The lowest BCUT2D eigenvalue weighted by Gasteiger charge is -2.08. The molecule has 0 saturated heterocycles. The molecule has 0 aliphatic heterocycles.